The lowest BCUT2D eigenvalue weighted by Gasteiger charge is -2.18. The first-order valence-electron chi connectivity index (χ1n) is 8.38. The van der Waals surface area contributed by atoms with E-state index in [-0.39, 0.29) is 24.4 Å². The van der Waals surface area contributed by atoms with Crippen LogP contribution in [-0.4, -0.2) is 36.3 Å². The van der Waals surface area contributed by atoms with Crippen LogP contribution in [0.4, 0.5) is 5.69 Å². The molecule has 5 heteroatoms. The first kappa shape index (κ1) is 18.5. The van der Waals surface area contributed by atoms with E-state index in [0.717, 1.165) is 11.3 Å². The van der Waals surface area contributed by atoms with Crippen molar-refractivity contribution in [3.8, 4) is 0 Å². The van der Waals surface area contributed by atoms with Crippen LogP contribution < -0.4 is 10.6 Å². The molecular weight excluding hydrogens is 314 g/mol. The third kappa shape index (κ3) is 5.95. The van der Waals surface area contributed by atoms with Crippen LogP contribution in [0.2, 0.25) is 0 Å². The number of carbonyl (C=O) groups is 2. The molecule has 0 spiro atoms. The minimum absolute atomic E-state index is 0.0131. The van der Waals surface area contributed by atoms with Crippen molar-refractivity contribution < 1.29 is 9.59 Å². The molecule has 5 nitrogen and oxygen atoms in total. The summed E-state index contributed by atoms with van der Waals surface area (Å²) in [6, 6.07) is 17.1. The molecule has 25 heavy (non-hydrogen) atoms. The van der Waals surface area contributed by atoms with Crippen LogP contribution in [0.25, 0.3) is 0 Å². The molecule has 0 atom stereocenters. The standard InChI is InChI=1S/C20H25N3O2/c1-15(2)22-20(25)17-10-7-11-18(12-17)21-13-19(24)23(3)14-16-8-5-4-6-9-16/h4-12,15,21H,13-14H2,1-3H3,(H,22,25). The zero-order valence-electron chi connectivity index (χ0n) is 15.0. The predicted molar refractivity (Wildman–Crippen MR) is 100 cm³/mol. The Morgan fingerprint density at radius 1 is 1.04 bits per heavy atom. The van der Waals surface area contributed by atoms with Crippen LogP contribution in [0, 0.1) is 0 Å². The van der Waals surface area contributed by atoms with Crippen molar-refractivity contribution in [2.75, 3.05) is 18.9 Å². The van der Waals surface area contributed by atoms with Crippen molar-refractivity contribution in [2.24, 2.45) is 0 Å². The maximum Gasteiger partial charge on any atom is 0.251 e. The van der Waals surface area contributed by atoms with Gasteiger partial charge < -0.3 is 15.5 Å². The summed E-state index contributed by atoms with van der Waals surface area (Å²) >= 11 is 0. The van der Waals surface area contributed by atoms with Gasteiger partial charge in [0, 0.05) is 30.9 Å². The van der Waals surface area contributed by atoms with Gasteiger partial charge in [0.25, 0.3) is 5.91 Å². The van der Waals surface area contributed by atoms with E-state index in [1.807, 2.05) is 50.2 Å². The smallest absolute Gasteiger partial charge is 0.251 e. The van der Waals surface area contributed by atoms with Crippen LogP contribution in [0.3, 0.4) is 0 Å². The number of carbonyl (C=O) groups excluding carboxylic acids is 2. The largest absolute Gasteiger partial charge is 0.376 e. The number of hydrogen-bond acceptors (Lipinski definition) is 3. The van der Waals surface area contributed by atoms with Gasteiger partial charge in [-0.15, -0.1) is 0 Å². The number of benzene rings is 2. The number of nitrogens with zero attached hydrogens (tertiary/aromatic N) is 1. The second kappa shape index (κ2) is 8.87. The highest BCUT2D eigenvalue weighted by atomic mass is 16.2. The molecule has 0 bridgehead atoms. The highest BCUT2D eigenvalue weighted by molar-refractivity contribution is 5.95. The average molecular weight is 339 g/mol. The first-order chi connectivity index (χ1) is 12.0. The molecule has 0 heterocycles. The van der Waals surface area contributed by atoms with Crippen LogP contribution in [0.15, 0.2) is 54.6 Å². The van der Waals surface area contributed by atoms with Gasteiger partial charge in [0.2, 0.25) is 5.91 Å². The van der Waals surface area contributed by atoms with E-state index in [1.165, 1.54) is 0 Å². The molecule has 2 rings (SSSR count). The molecule has 0 aromatic heterocycles. The third-order valence-corrected chi connectivity index (χ3v) is 3.68. The topological polar surface area (TPSA) is 61.4 Å². The Labute approximate surface area is 149 Å². The van der Waals surface area contributed by atoms with E-state index in [2.05, 4.69) is 10.6 Å². The monoisotopic (exact) mass is 339 g/mol. The molecule has 0 saturated carbocycles. The molecule has 2 N–H and O–H groups in total. The Hall–Kier alpha value is -2.82. The van der Waals surface area contributed by atoms with E-state index in [0.29, 0.717) is 12.1 Å². The Bertz CT molecular complexity index is 714. The van der Waals surface area contributed by atoms with Gasteiger partial charge in [0.1, 0.15) is 0 Å². The van der Waals surface area contributed by atoms with Crippen molar-refractivity contribution in [1.82, 2.24) is 10.2 Å². The minimum atomic E-state index is -0.119. The summed E-state index contributed by atoms with van der Waals surface area (Å²) in [5, 5.41) is 5.94. The van der Waals surface area contributed by atoms with E-state index >= 15 is 0 Å². The number of likely N-dealkylation sites (N-methyl/N-ethyl adjacent to an activating group) is 1. The number of amides is 2. The Morgan fingerprint density at radius 3 is 2.44 bits per heavy atom. The van der Waals surface area contributed by atoms with Gasteiger partial charge in [-0.05, 0) is 37.6 Å². The summed E-state index contributed by atoms with van der Waals surface area (Å²) < 4.78 is 0. The van der Waals surface area contributed by atoms with E-state index in [4.69, 9.17) is 0 Å². The van der Waals surface area contributed by atoms with E-state index in [1.54, 1.807) is 30.1 Å². The molecule has 0 aliphatic carbocycles. The summed E-state index contributed by atoms with van der Waals surface area (Å²) in [7, 11) is 1.78. The molecule has 2 aromatic rings. The maximum absolute atomic E-state index is 12.3. The molecule has 0 unspecified atom stereocenters. The zero-order chi connectivity index (χ0) is 18.2. The quantitative estimate of drug-likeness (QED) is 0.815. The van der Waals surface area contributed by atoms with Crippen molar-refractivity contribution >= 4 is 17.5 Å². The lowest BCUT2D eigenvalue weighted by Crippen LogP contribution is -2.32. The summed E-state index contributed by atoms with van der Waals surface area (Å²) in [4.78, 5) is 26.0. The first-order valence-corrected chi connectivity index (χ1v) is 8.38. The maximum atomic E-state index is 12.3. The molecule has 0 aliphatic rings. The van der Waals surface area contributed by atoms with Crippen molar-refractivity contribution in [2.45, 2.75) is 26.4 Å². The van der Waals surface area contributed by atoms with Crippen LogP contribution in [-0.2, 0) is 11.3 Å². The summed E-state index contributed by atoms with van der Waals surface area (Å²) in [6.07, 6.45) is 0. The average Bonchev–Trinajstić information content (AvgIpc) is 2.60. The van der Waals surface area contributed by atoms with Crippen molar-refractivity contribution in [1.29, 1.82) is 0 Å². The van der Waals surface area contributed by atoms with Crippen molar-refractivity contribution in [3.63, 3.8) is 0 Å². The second-order valence-corrected chi connectivity index (χ2v) is 6.30. The second-order valence-electron chi connectivity index (χ2n) is 6.30. The highest BCUT2D eigenvalue weighted by Gasteiger charge is 2.10. The molecule has 0 fully saturated rings. The van der Waals surface area contributed by atoms with Gasteiger partial charge in [-0.25, -0.2) is 0 Å². The van der Waals surface area contributed by atoms with Gasteiger partial charge in [0.05, 0.1) is 6.54 Å². The molecule has 0 radical (unpaired) electrons. The van der Waals surface area contributed by atoms with Crippen LogP contribution in [0.5, 0.6) is 0 Å². The normalized spacial score (nSPS) is 10.4. The number of anilines is 1. The summed E-state index contributed by atoms with van der Waals surface area (Å²) in [5.41, 5.74) is 2.41. The summed E-state index contributed by atoms with van der Waals surface area (Å²) in [6.45, 7) is 4.58. The number of hydrogen-bond donors (Lipinski definition) is 2. The van der Waals surface area contributed by atoms with Gasteiger partial charge in [0.15, 0.2) is 0 Å². The highest BCUT2D eigenvalue weighted by Crippen LogP contribution is 2.11. The third-order valence-electron chi connectivity index (χ3n) is 3.68. The van der Waals surface area contributed by atoms with Crippen LogP contribution in [0.1, 0.15) is 29.8 Å². The molecule has 2 aromatic carbocycles. The van der Waals surface area contributed by atoms with Gasteiger partial charge in [-0.1, -0.05) is 36.4 Å². The van der Waals surface area contributed by atoms with E-state index in [9.17, 15) is 9.59 Å². The fourth-order valence-electron chi connectivity index (χ4n) is 2.37. The molecule has 0 aliphatic heterocycles. The molecule has 132 valence electrons. The number of nitrogens with one attached hydrogen (secondary N) is 2. The molecule has 0 saturated heterocycles. The van der Waals surface area contributed by atoms with Gasteiger partial charge in [-0.2, -0.15) is 0 Å². The minimum Gasteiger partial charge on any atom is -0.376 e. The zero-order valence-corrected chi connectivity index (χ0v) is 15.0. The van der Waals surface area contributed by atoms with Crippen molar-refractivity contribution in [3.05, 3.63) is 65.7 Å². The van der Waals surface area contributed by atoms with Gasteiger partial charge in [-0.3, -0.25) is 9.59 Å². The fourth-order valence-corrected chi connectivity index (χ4v) is 2.37. The molecular formula is C20H25N3O2. The lowest BCUT2D eigenvalue weighted by molar-refractivity contribution is -0.128. The Kier molecular flexibility index (Phi) is 6.57. The van der Waals surface area contributed by atoms with E-state index < -0.39 is 0 Å². The van der Waals surface area contributed by atoms with Crippen LogP contribution >= 0.6 is 0 Å². The molecule has 2 amide bonds. The van der Waals surface area contributed by atoms with Gasteiger partial charge >= 0.3 is 0 Å². The predicted octanol–water partition coefficient (Wildman–Crippen LogP) is 2.90. The Balaban J connectivity index is 1.90. The lowest BCUT2D eigenvalue weighted by atomic mass is 10.1. The number of rotatable bonds is 7. The summed E-state index contributed by atoms with van der Waals surface area (Å²) in [5.74, 6) is -0.132. The SMILES string of the molecule is CC(C)NC(=O)c1cccc(NCC(=O)N(C)Cc2ccccc2)c1. The fraction of sp³-hybridized carbons (Fsp3) is 0.300. The Morgan fingerprint density at radius 2 is 1.76 bits per heavy atom.